The predicted molar refractivity (Wildman–Crippen MR) is 48.0 cm³/mol. The van der Waals surface area contributed by atoms with Crippen molar-refractivity contribution in [1.29, 1.82) is 0 Å². The van der Waals surface area contributed by atoms with E-state index in [2.05, 4.69) is 36.6 Å². The van der Waals surface area contributed by atoms with E-state index >= 15 is 0 Å². The molecule has 1 rings (SSSR count). The van der Waals surface area contributed by atoms with Crippen LogP contribution in [0.4, 0.5) is 0 Å². The fraction of sp³-hybridized carbons (Fsp3) is 0.444. The van der Waals surface area contributed by atoms with Crippen LogP contribution in [0.3, 0.4) is 0 Å². The maximum atomic E-state index is 4.17. The Balaban J connectivity index is 2.97. The molecule has 0 aromatic heterocycles. The van der Waals surface area contributed by atoms with Gasteiger partial charge >= 0.3 is 0 Å². The summed E-state index contributed by atoms with van der Waals surface area (Å²) in [6.07, 6.45) is 5.31. The van der Waals surface area contributed by atoms with E-state index in [4.69, 9.17) is 0 Å². The molecule has 0 saturated carbocycles. The van der Waals surface area contributed by atoms with Crippen molar-refractivity contribution in [3.8, 4) is 0 Å². The molecule has 1 aliphatic rings. The first-order valence-electron chi connectivity index (χ1n) is 3.63. The van der Waals surface area contributed by atoms with Crippen molar-refractivity contribution in [3.63, 3.8) is 0 Å². The van der Waals surface area contributed by atoms with E-state index in [9.17, 15) is 0 Å². The molecule has 2 nitrogen and oxygen atoms in total. The molecule has 1 aliphatic heterocycles. The Hall–Kier alpha value is -1.14. The van der Waals surface area contributed by atoms with Crippen LogP contribution in [0.15, 0.2) is 28.3 Å². The summed E-state index contributed by atoms with van der Waals surface area (Å²) >= 11 is 0. The zero-order chi connectivity index (χ0) is 8.32. The number of amidine groups is 1. The normalized spacial score (nSPS) is 16.5. The van der Waals surface area contributed by atoms with Crippen LogP contribution in [-0.2, 0) is 0 Å². The van der Waals surface area contributed by atoms with Crippen molar-refractivity contribution in [2.75, 3.05) is 0 Å². The van der Waals surface area contributed by atoms with Gasteiger partial charge in [0.05, 0.1) is 0 Å². The molecule has 0 fully saturated rings. The van der Waals surface area contributed by atoms with Gasteiger partial charge in [0, 0.05) is 17.7 Å². The Kier molecular flexibility index (Phi) is 2.06. The second-order valence-corrected chi connectivity index (χ2v) is 3.45. The summed E-state index contributed by atoms with van der Waals surface area (Å²) in [6.45, 7) is 6.24. The molecule has 11 heavy (non-hydrogen) atoms. The van der Waals surface area contributed by atoms with Gasteiger partial charge in [0.25, 0.3) is 0 Å². The molecular formula is C9H12N2. The molecule has 0 unspecified atom stereocenters. The molecule has 0 saturated heterocycles. The minimum absolute atomic E-state index is 0.00944. The van der Waals surface area contributed by atoms with Gasteiger partial charge in [0.15, 0.2) is 0 Å². The summed E-state index contributed by atoms with van der Waals surface area (Å²) in [5.41, 5.74) is 0.00944. The third-order valence-corrected chi connectivity index (χ3v) is 1.29. The van der Waals surface area contributed by atoms with Crippen LogP contribution >= 0.6 is 0 Å². The molecule has 0 aromatic rings. The second kappa shape index (κ2) is 2.85. The lowest BCUT2D eigenvalue weighted by atomic mass is 9.95. The van der Waals surface area contributed by atoms with Crippen molar-refractivity contribution in [2.24, 2.45) is 15.4 Å². The summed E-state index contributed by atoms with van der Waals surface area (Å²) in [4.78, 5) is 8.25. The van der Waals surface area contributed by atoms with E-state index in [1.807, 2.05) is 6.08 Å². The van der Waals surface area contributed by atoms with Gasteiger partial charge in [-0.15, -0.1) is 0 Å². The van der Waals surface area contributed by atoms with E-state index in [1.54, 1.807) is 12.3 Å². The number of hydrogen-bond acceptors (Lipinski definition) is 2. The quantitative estimate of drug-likeness (QED) is 0.503. The molecule has 0 N–H and O–H groups in total. The van der Waals surface area contributed by atoms with Gasteiger partial charge in [-0.3, -0.25) is 0 Å². The fourth-order valence-corrected chi connectivity index (χ4v) is 0.688. The Labute approximate surface area is 67.1 Å². The monoisotopic (exact) mass is 148 g/mol. The highest BCUT2D eigenvalue weighted by Crippen LogP contribution is 2.17. The first kappa shape index (κ1) is 7.96. The minimum Gasteiger partial charge on any atom is -0.240 e. The zero-order valence-electron chi connectivity index (χ0n) is 7.13. The third kappa shape index (κ3) is 2.17. The molecule has 0 radical (unpaired) electrons. The highest BCUT2D eigenvalue weighted by Gasteiger charge is 2.17. The lowest BCUT2D eigenvalue weighted by Gasteiger charge is -2.15. The topological polar surface area (TPSA) is 24.7 Å². The van der Waals surface area contributed by atoms with Gasteiger partial charge < -0.3 is 0 Å². The van der Waals surface area contributed by atoms with E-state index < -0.39 is 0 Å². The summed E-state index contributed by atoms with van der Waals surface area (Å²) < 4.78 is 0. The van der Waals surface area contributed by atoms with Crippen molar-refractivity contribution < 1.29 is 0 Å². The molecular weight excluding hydrogens is 136 g/mol. The maximum absolute atomic E-state index is 4.17. The number of aliphatic imine (C=N–C) groups is 2. The van der Waals surface area contributed by atoms with Gasteiger partial charge in [-0.1, -0.05) is 20.8 Å². The Bertz CT molecular complexity index is 258. The number of allylic oxidation sites excluding steroid dienone is 2. The van der Waals surface area contributed by atoms with Crippen molar-refractivity contribution in [3.05, 3.63) is 18.4 Å². The van der Waals surface area contributed by atoms with Gasteiger partial charge in [-0.25, -0.2) is 4.99 Å². The van der Waals surface area contributed by atoms with Crippen LogP contribution in [0.1, 0.15) is 20.8 Å². The average molecular weight is 148 g/mol. The Morgan fingerprint density at radius 1 is 1.36 bits per heavy atom. The Morgan fingerprint density at radius 2 is 2.09 bits per heavy atom. The van der Waals surface area contributed by atoms with Crippen LogP contribution in [-0.4, -0.2) is 11.7 Å². The molecule has 0 amide bonds. The summed E-state index contributed by atoms with van der Waals surface area (Å²) in [5, 5.41) is 0. The molecule has 58 valence electrons. The Morgan fingerprint density at radius 3 is 2.73 bits per heavy atom. The van der Waals surface area contributed by atoms with E-state index in [0.717, 1.165) is 5.84 Å². The van der Waals surface area contributed by atoms with Crippen LogP contribution < -0.4 is 0 Å². The van der Waals surface area contributed by atoms with Crippen molar-refractivity contribution >= 4 is 11.7 Å². The highest BCUT2D eigenvalue weighted by molar-refractivity contribution is 5.93. The SMILES string of the molecule is CC(C)(C)C1=NC=CC=C=N1. The minimum atomic E-state index is 0.00944. The van der Waals surface area contributed by atoms with Crippen LogP contribution in [0.5, 0.6) is 0 Å². The zero-order valence-corrected chi connectivity index (χ0v) is 7.13. The summed E-state index contributed by atoms with van der Waals surface area (Å²) in [7, 11) is 0. The number of hydrogen-bond donors (Lipinski definition) is 0. The van der Waals surface area contributed by atoms with Crippen LogP contribution in [0.25, 0.3) is 0 Å². The molecule has 0 atom stereocenters. The van der Waals surface area contributed by atoms with Gasteiger partial charge in [0.1, 0.15) is 5.84 Å². The molecule has 0 aliphatic carbocycles. The summed E-state index contributed by atoms with van der Waals surface area (Å²) in [6, 6.07) is 0. The lowest BCUT2D eigenvalue weighted by Crippen LogP contribution is -2.17. The fourth-order valence-electron chi connectivity index (χ4n) is 0.688. The summed E-state index contributed by atoms with van der Waals surface area (Å²) in [5.74, 6) is 3.61. The highest BCUT2D eigenvalue weighted by atomic mass is 14.9. The molecule has 1 heterocycles. The molecule has 0 bridgehead atoms. The van der Waals surface area contributed by atoms with Gasteiger partial charge in [-0.05, 0) is 11.9 Å². The van der Waals surface area contributed by atoms with E-state index in [1.165, 1.54) is 0 Å². The first-order valence-corrected chi connectivity index (χ1v) is 3.63. The van der Waals surface area contributed by atoms with Crippen molar-refractivity contribution in [2.45, 2.75) is 20.8 Å². The largest absolute Gasteiger partial charge is 0.240 e. The second-order valence-electron chi connectivity index (χ2n) is 3.45. The smallest absolute Gasteiger partial charge is 0.143 e. The van der Waals surface area contributed by atoms with Crippen LogP contribution in [0.2, 0.25) is 0 Å². The van der Waals surface area contributed by atoms with E-state index in [0.29, 0.717) is 0 Å². The van der Waals surface area contributed by atoms with Crippen LogP contribution in [0, 0.1) is 5.41 Å². The number of rotatable bonds is 0. The van der Waals surface area contributed by atoms with Gasteiger partial charge in [0.2, 0.25) is 0 Å². The standard InChI is InChI=1S/C9H12N2/c1-9(2,3)8-10-6-4-5-7-11-8/h4-6H,1-3H3. The maximum Gasteiger partial charge on any atom is 0.143 e. The molecule has 2 heteroatoms. The lowest BCUT2D eigenvalue weighted by molar-refractivity contribution is 0.585. The van der Waals surface area contributed by atoms with Gasteiger partial charge in [-0.2, -0.15) is 4.99 Å². The average Bonchev–Trinajstić information content (AvgIpc) is 2.10. The molecule has 0 aromatic carbocycles. The number of nitrogens with zero attached hydrogens (tertiary/aromatic N) is 2. The first-order chi connectivity index (χ1) is 5.11. The van der Waals surface area contributed by atoms with Crippen molar-refractivity contribution in [1.82, 2.24) is 0 Å². The molecule has 0 spiro atoms. The third-order valence-electron chi connectivity index (χ3n) is 1.29. The predicted octanol–water partition coefficient (Wildman–Crippen LogP) is 2.18. The van der Waals surface area contributed by atoms with E-state index in [-0.39, 0.29) is 5.41 Å².